The maximum Gasteiger partial charge on any atom is 0.337 e. The molecular formula is C29H25N3O5. The molecule has 2 unspecified atom stereocenters. The van der Waals surface area contributed by atoms with Crippen molar-refractivity contribution in [3.05, 3.63) is 102 Å². The summed E-state index contributed by atoms with van der Waals surface area (Å²) in [4.78, 5) is 57.4. The highest BCUT2D eigenvalue weighted by Crippen LogP contribution is 2.38. The second-order valence-electron chi connectivity index (χ2n) is 9.04. The number of nitrogens with zero attached hydrogens (tertiary/aromatic N) is 3. The third-order valence-electron chi connectivity index (χ3n) is 6.91. The van der Waals surface area contributed by atoms with Crippen LogP contribution >= 0.6 is 0 Å². The summed E-state index contributed by atoms with van der Waals surface area (Å²) in [5.41, 5.74) is 3.30. The van der Waals surface area contributed by atoms with Crippen LogP contribution in [0.4, 0.5) is 0 Å². The minimum Gasteiger partial charge on any atom is -0.465 e. The maximum atomic E-state index is 13.5. The van der Waals surface area contributed by atoms with E-state index in [-0.39, 0.29) is 12.1 Å². The number of carbonyl (C=O) groups excluding carboxylic acids is 4. The first-order chi connectivity index (χ1) is 17.9. The fraction of sp³-hybridized carbons (Fsp3) is 0.207. The summed E-state index contributed by atoms with van der Waals surface area (Å²) >= 11 is 0. The lowest BCUT2D eigenvalue weighted by molar-refractivity contribution is -0.140. The Morgan fingerprint density at radius 2 is 1.73 bits per heavy atom. The third kappa shape index (κ3) is 4.31. The summed E-state index contributed by atoms with van der Waals surface area (Å²) in [6, 6.07) is 16.9. The van der Waals surface area contributed by atoms with Crippen LogP contribution < -0.4 is 0 Å². The van der Waals surface area contributed by atoms with Crippen LogP contribution in [0.15, 0.2) is 79.3 Å². The second kappa shape index (κ2) is 9.81. The molecule has 1 aliphatic heterocycles. The fourth-order valence-corrected chi connectivity index (χ4v) is 5.09. The van der Waals surface area contributed by atoms with E-state index in [0.29, 0.717) is 17.5 Å². The summed E-state index contributed by atoms with van der Waals surface area (Å²) in [6.45, 7) is 0.249. The van der Waals surface area contributed by atoms with Crippen molar-refractivity contribution in [3.63, 3.8) is 0 Å². The van der Waals surface area contributed by atoms with Crippen LogP contribution in [0.3, 0.4) is 0 Å². The lowest BCUT2D eigenvalue weighted by Crippen LogP contribution is -2.32. The van der Waals surface area contributed by atoms with Crippen LogP contribution in [0.2, 0.25) is 0 Å². The monoisotopic (exact) mass is 495 g/mol. The zero-order valence-corrected chi connectivity index (χ0v) is 20.5. The van der Waals surface area contributed by atoms with E-state index in [2.05, 4.69) is 4.98 Å². The summed E-state index contributed by atoms with van der Waals surface area (Å²) in [7, 11) is 3.26. The van der Waals surface area contributed by atoms with Crippen LogP contribution in [0, 0.1) is 5.92 Å². The molecular weight excluding hydrogens is 470 g/mol. The summed E-state index contributed by atoms with van der Waals surface area (Å²) in [6.07, 6.45) is 5.46. The average Bonchev–Trinajstić information content (AvgIpc) is 3.39. The Balaban J connectivity index is 1.52. The number of para-hydroxylation sites is 1. The van der Waals surface area contributed by atoms with Crippen molar-refractivity contribution in [2.24, 2.45) is 13.0 Å². The fourth-order valence-electron chi connectivity index (χ4n) is 5.09. The number of likely N-dealkylation sites (tertiary alicyclic amines) is 1. The van der Waals surface area contributed by atoms with Gasteiger partial charge in [-0.15, -0.1) is 0 Å². The number of fused-ring (bicyclic) bond motifs is 1. The van der Waals surface area contributed by atoms with Gasteiger partial charge in [-0.05, 0) is 47.9 Å². The number of ketones is 2. The molecule has 2 aromatic heterocycles. The van der Waals surface area contributed by atoms with Gasteiger partial charge in [0.25, 0.3) is 5.91 Å². The molecule has 0 radical (unpaired) electrons. The predicted molar refractivity (Wildman–Crippen MR) is 136 cm³/mol. The van der Waals surface area contributed by atoms with Gasteiger partial charge < -0.3 is 14.2 Å². The van der Waals surface area contributed by atoms with Gasteiger partial charge in [0.05, 0.1) is 18.7 Å². The highest BCUT2D eigenvalue weighted by molar-refractivity contribution is 6.44. The minimum absolute atomic E-state index is 0.249. The summed E-state index contributed by atoms with van der Waals surface area (Å²) in [5, 5.41) is 1.07. The van der Waals surface area contributed by atoms with Crippen molar-refractivity contribution in [1.82, 2.24) is 14.5 Å². The van der Waals surface area contributed by atoms with Crippen LogP contribution in [0.1, 0.15) is 37.9 Å². The number of ether oxygens (including phenoxy) is 1. The van der Waals surface area contributed by atoms with E-state index in [1.54, 1.807) is 36.4 Å². The van der Waals surface area contributed by atoms with Gasteiger partial charge in [0, 0.05) is 48.6 Å². The number of hydrogen-bond acceptors (Lipinski definition) is 6. The van der Waals surface area contributed by atoms with E-state index in [1.165, 1.54) is 24.4 Å². The Labute approximate surface area is 213 Å². The quantitative estimate of drug-likeness (QED) is 0.168. The van der Waals surface area contributed by atoms with E-state index in [4.69, 9.17) is 4.74 Å². The molecule has 4 aromatic rings. The van der Waals surface area contributed by atoms with Gasteiger partial charge in [-0.3, -0.25) is 19.4 Å². The molecule has 37 heavy (non-hydrogen) atoms. The first-order valence-corrected chi connectivity index (χ1v) is 11.9. The molecule has 3 heterocycles. The van der Waals surface area contributed by atoms with Crippen LogP contribution in [-0.4, -0.2) is 51.5 Å². The largest absolute Gasteiger partial charge is 0.465 e. The molecule has 8 nitrogen and oxygen atoms in total. The predicted octanol–water partition coefficient (Wildman–Crippen LogP) is 3.55. The zero-order chi connectivity index (χ0) is 26.1. The molecule has 0 bridgehead atoms. The molecule has 0 saturated carbocycles. The molecule has 2 aromatic carbocycles. The van der Waals surface area contributed by atoms with E-state index in [0.717, 1.165) is 16.5 Å². The Morgan fingerprint density at radius 3 is 2.43 bits per heavy atom. The summed E-state index contributed by atoms with van der Waals surface area (Å²) < 4.78 is 6.81. The molecule has 186 valence electrons. The van der Waals surface area contributed by atoms with Crippen molar-refractivity contribution in [2.75, 3.05) is 13.7 Å². The molecule has 1 aliphatic rings. The van der Waals surface area contributed by atoms with Gasteiger partial charge in [-0.1, -0.05) is 30.3 Å². The SMILES string of the molecule is COC(=O)c1ccc(C2C(C(=O)c3cccnc3)C(=O)C(=O)N2CCc2cn(C)c3ccccc23)cc1. The molecule has 5 rings (SSSR count). The zero-order valence-electron chi connectivity index (χ0n) is 20.5. The average molecular weight is 496 g/mol. The number of Topliss-reactive ketones (excluding diaryl/α,β-unsaturated/α-hetero) is 2. The molecule has 0 spiro atoms. The number of rotatable bonds is 7. The Kier molecular flexibility index (Phi) is 6.40. The highest BCUT2D eigenvalue weighted by Gasteiger charge is 2.51. The number of esters is 1. The number of carbonyl (C=O) groups is 4. The van der Waals surface area contributed by atoms with E-state index in [9.17, 15) is 19.2 Å². The maximum absolute atomic E-state index is 13.5. The van der Waals surface area contributed by atoms with Crippen molar-refractivity contribution in [2.45, 2.75) is 12.5 Å². The van der Waals surface area contributed by atoms with E-state index in [1.807, 2.05) is 42.1 Å². The third-order valence-corrected chi connectivity index (χ3v) is 6.91. The highest BCUT2D eigenvalue weighted by atomic mass is 16.5. The van der Waals surface area contributed by atoms with Crippen molar-refractivity contribution >= 4 is 34.3 Å². The second-order valence-corrected chi connectivity index (χ2v) is 9.04. The van der Waals surface area contributed by atoms with Crippen LogP contribution in [0.25, 0.3) is 10.9 Å². The van der Waals surface area contributed by atoms with Crippen molar-refractivity contribution < 1.29 is 23.9 Å². The Hall–Kier alpha value is -4.59. The first-order valence-electron chi connectivity index (χ1n) is 11.9. The van der Waals surface area contributed by atoms with Gasteiger partial charge >= 0.3 is 5.97 Å². The van der Waals surface area contributed by atoms with E-state index >= 15 is 0 Å². The van der Waals surface area contributed by atoms with Gasteiger partial charge in [-0.2, -0.15) is 0 Å². The van der Waals surface area contributed by atoms with Crippen LogP contribution in [-0.2, 0) is 27.8 Å². The van der Waals surface area contributed by atoms with Gasteiger partial charge in [0.1, 0.15) is 5.92 Å². The number of hydrogen-bond donors (Lipinski definition) is 0. The van der Waals surface area contributed by atoms with Gasteiger partial charge in [0.2, 0.25) is 5.78 Å². The lowest BCUT2D eigenvalue weighted by Gasteiger charge is -2.27. The normalized spacial score (nSPS) is 17.4. The lowest BCUT2D eigenvalue weighted by atomic mass is 9.86. The molecule has 1 amide bonds. The summed E-state index contributed by atoms with van der Waals surface area (Å²) in [5.74, 6) is -3.60. The smallest absolute Gasteiger partial charge is 0.337 e. The molecule has 2 atom stereocenters. The molecule has 1 fully saturated rings. The first kappa shape index (κ1) is 24.1. The minimum atomic E-state index is -1.21. The number of benzene rings is 2. The molecule has 8 heteroatoms. The molecule has 0 N–H and O–H groups in total. The van der Waals surface area contributed by atoms with Crippen LogP contribution in [0.5, 0.6) is 0 Å². The number of aromatic nitrogens is 2. The van der Waals surface area contributed by atoms with Gasteiger partial charge in [0.15, 0.2) is 5.78 Å². The standard InChI is InChI=1S/C29H25N3O5/c1-31-17-21(22-7-3-4-8-23(22)31)13-15-32-25(18-9-11-19(12-10-18)29(36)37-2)24(27(34)28(32)35)26(33)20-6-5-14-30-16-20/h3-12,14,16-17,24-25H,13,15H2,1-2H3. The number of methoxy groups -OCH3 is 1. The van der Waals surface area contributed by atoms with Crippen molar-refractivity contribution in [3.8, 4) is 0 Å². The molecule has 1 saturated heterocycles. The van der Waals surface area contributed by atoms with E-state index < -0.39 is 35.4 Å². The van der Waals surface area contributed by atoms with Crippen molar-refractivity contribution in [1.29, 1.82) is 0 Å². The number of pyridine rings is 1. The Bertz CT molecular complexity index is 1510. The Morgan fingerprint density at radius 1 is 0.973 bits per heavy atom. The number of amides is 1. The topological polar surface area (TPSA) is 98.6 Å². The number of aryl methyl sites for hydroxylation is 1. The molecule has 0 aliphatic carbocycles. The van der Waals surface area contributed by atoms with Gasteiger partial charge in [-0.25, -0.2) is 4.79 Å².